The van der Waals surface area contributed by atoms with Gasteiger partial charge in [-0.1, -0.05) is 12.1 Å². The first-order chi connectivity index (χ1) is 8.54. The third-order valence-corrected chi connectivity index (χ3v) is 3.27. The molecule has 0 amide bonds. The topological polar surface area (TPSA) is 44.0 Å². The van der Waals surface area contributed by atoms with Gasteiger partial charge in [0.15, 0.2) is 0 Å². The van der Waals surface area contributed by atoms with E-state index >= 15 is 0 Å². The van der Waals surface area contributed by atoms with E-state index in [0.29, 0.717) is 5.56 Å². The van der Waals surface area contributed by atoms with Crippen LogP contribution in [0.3, 0.4) is 0 Å². The Morgan fingerprint density at radius 1 is 1.00 bits per heavy atom. The summed E-state index contributed by atoms with van der Waals surface area (Å²) < 4.78 is 0. The Kier molecular flexibility index (Phi) is 3.08. The summed E-state index contributed by atoms with van der Waals surface area (Å²) >= 11 is 0. The zero-order valence-corrected chi connectivity index (χ0v) is 10.8. The van der Waals surface area contributed by atoms with Gasteiger partial charge in [-0.3, -0.25) is 0 Å². The maximum atomic E-state index is 10.1. The van der Waals surface area contributed by atoms with Crippen molar-refractivity contribution in [2.24, 2.45) is 0 Å². The highest BCUT2D eigenvalue weighted by Gasteiger charge is 2.13. The summed E-state index contributed by atoms with van der Waals surface area (Å²) in [7, 11) is 0. The van der Waals surface area contributed by atoms with Gasteiger partial charge < -0.3 is 5.11 Å². The smallest absolute Gasteiger partial charge is 0.123 e. The fourth-order valence-electron chi connectivity index (χ4n) is 2.12. The lowest BCUT2D eigenvalue weighted by atomic mass is 9.92. The zero-order valence-electron chi connectivity index (χ0n) is 10.8. The van der Waals surface area contributed by atoms with Crippen molar-refractivity contribution >= 4 is 0 Å². The number of phenols is 1. The second-order valence-corrected chi connectivity index (χ2v) is 4.56. The van der Waals surface area contributed by atoms with E-state index in [1.54, 1.807) is 12.1 Å². The highest BCUT2D eigenvalue weighted by Crippen LogP contribution is 2.35. The minimum Gasteiger partial charge on any atom is -0.507 e. The first kappa shape index (κ1) is 12.2. The van der Waals surface area contributed by atoms with Crippen LogP contribution in [0, 0.1) is 32.1 Å². The number of nitrogens with zero attached hydrogens (tertiary/aromatic N) is 1. The Hall–Kier alpha value is -2.27. The van der Waals surface area contributed by atoms with Crippen LogP contribution in [0.1, 0.15) is 22.3 Å². The van der Waals surface area contributed by atoms with Gasteiger partial charge in [-0.25, -0.2) is 0 Å². The highest BCUT2D eigenvalue weighted by atomic mass is 16.3. The van der Waals surface area contributed by atoms with Crippen LogP contribution in [0.4, 0.5) is 0 Å². The van der Waals surface area contributed by atoms with Crippen molar-refractivity contribution in [2.45, 2.75) is 20.8 Å². The van der Waals surface area contributed by atoms with Gasteiger partial charge in [0.1, 0.15) is 5.75 Å². The molecule has 2 aromatic carbocycles. The Balaban J connectivity index is 2.78. The number of rotatable bonds is 1. The van der Waals surface area contributed by atoms with Crippen LogP contribution in [0.2, 0.25) is 0 Å². The molecule has 0 aliphatic carbocycles. The summed E-state index contributed by atoms with van der Waals surface area (Å²) in [5, 5.41) is 19.3. The normalized spacial score (nSPS) is 10.1. The molecule has 0 fully saturated rings. The van der Waals surface area contributed by atoms with E-state index in [-0.39, 0.29) is 5.75 Å². The Labute approximate surface area is 107 Å². The van der Waals surface area contributed by atoms with Crippen molar-refractivity contribution in [3.63, 3.8) is 0 Å². The van der Waals surface area contributed by atoms with Crippen LogP contribution in [0.15, 0.2) is 30.3 Å². The second-order valence-electron chi connectivity index (χ2n) is 4.56. The lowest BCUT2D eigenvalue weighted by Gasteiger charge is -2.12. The van der Waals surface area contributed by atoms with Crippen LogP contribution in [0.25, 0.3) is 11.1 Å². The first-order valence-corrected chi connectivity index (χ1v) is 5.85. The van der Waals surface area contributed by atoms with Gasteiger partial charge in [-0.05, 0) is 55.7 Å². The molecule has 1 N–H and O–H groups in total. The summed E-state index contributed by atoms with van der Waals surface area (Å²) in [5.41, 5.74) is 5.28. The van der Waals surface area contributed by atoms with Gasteiger partial charge in [0.25, 0.3) is 0 Å². The molecule has 0 saturated heterocycles. The summed E-state index contributed by atoms with van der Waals surface area (Å²) in [6, 6.07) is 11.5. The van der Waals surface area contributed by atoms with Gasteiger partial charge in [0, 0.05) is 11.1 Å². The van der Waals surface area contributed by atoms with E-state index in [1.165, 1.54) is 0 Å². The number of hydrogen-bond donors (Lipinski definition) is 1. The molecule has 0 atom stereocenters. The quantitative estimate of drug-likeness (QED) is 0.818. The van der Waals surface area contributed by atoms with Crippen molar-refractivity contribution < 1.29 is 5.11 Å². The molecular weight excluding hydrogens is 222 g/mol. The van der Waals surface area contributed by atoms with E-state index < -0.39 is 0 Å². The largest absolute Gasteiger partial charge is 0.507 e. The van der Waals surface area contributed by atoms with Crippen molar-refractivity contribution in [3.8, 4) is 22.9 Å². The third-order valence-electron chi connectivity index (χ3n) is 3.27. The zero-order chi connectivity index (χ0) is 13.3. The lowest BCUT2D eigenvalue weighted by molar-refractivity contribution is 0.476. The predicted octanol–water partition coefficient (Wildman–Crippen LogP) is 3.86. The van der Waals surface area contributed by atoms with Crippen molar-refractivity contribution in [2.75, 3.05) is 0 Å². The predicted molar refractivity (Wildman–Crippen MR) is 72.5 cm³/mol. The van der Waals surface area contributed by atoms with E-state index in [2.05, 4.69) is 6.07 Å². The molecule has 0 saturated carbocycles. The molecule has 0 radical (unpaired) electrons. The maximum absolute atomic E-state index is 10.1. The van der Waals surface area contributed by atoms with Gasteiger partial charge in [-0.2, -0.15) is 5.26 Å². The molecule has 0 aliphatic heterocycles. The average Bonchev–Trinajstić information content (AvgIpc) is 2.34. The molecule has 0 unspecified atom stereocenters. The van der Waals surface area contributed by atoms with Crippen LogP contribution >= 0.6 is 0 Å². The highest BCUT2D eigenvalue weighted by molar-refractivity contribution is 5.79. The number of benzene rings is 2. The lowest BCUT2D eigenvalue weighted by Crippen LogP contribution is -1.91. The van der Waals surface area contributed by atoms with Crippen molar-refractivity contribution in [1.82, 2.24) is 0 Å². The number of phenolic OH excluding ortho intramolecular Hbond substituents is 1. The molecule has 0 spiro atoms. The minimum atomic E-state index is 0.226. The molecule has 2 rings (SSSR count). The fraction of sp³-hybridized carbons (Fsp3) is 0.188. The van der Waals surface area contributed by atoms with E-state index in [9.17, 15) is 10.4 Å². The van der Waals surface area contributed by atoms with Crippen LogP contribution in [-0.2, 0) is 0 Å². The molecule has 90 valence electrons. The van der Waals surface area contributed by atoms with Crippen LogP contribution in [0.5, 0.6) is 5.75 Å². The first-order valence-electron chi connectivity index (χ1n) is 5.85. The number of aromatic hydroxyl groups is 1. The fourth-order valence-corrected chi connectivity index (χ4v) is 2.12. The van der Waals surface area contributed by atoms with Gasteiger partial charge >= 0.3 is 0 Å². The van der Waals surface area contributed by atoms with E-state index in [4.69, 9.17) is 0 Å². The number of nitriles is 1. The average molecular weight is 237 g/mol. The van der Waals surface area contributed by atoms with Crippen LogP contribution < -0.4 is 0 Å². The van der Waals surface area contributed by atoms with Gasteiger partial charge in [0.05, 0.1) is 11.6 Å². The Morgan fingerprint density at radius 3 is 2.33 bits per heavy atom. The molecular formula is C16H15NO. The monoisotopic (exact) mass is 237 g/mol. The maximum Gasteiger partial charge on any atom is 0.123 e. The minimum absolute atomic E-state index is 0.226. The van der Waals surface area contributed by atoms with Crippen molar-refractivity contribution in [3.05, 3.63) is 52.6 Å². The summed E-state index contributed by atoms with van der Waals surface area (Å²) in [5.74, 6) is 0.226. The SMILES string of the molecule is Cc1cc(O)c(-c2c(C)cccc2C#N)cc1C. The van der Waals surface area contributed by atoms with Crippen molar-refractivity contribution in [1.29, 1.82) is 5.26 Å². The number of aryl methyl sites for hydroxylation is 3. The molecule has 2 nitrogen and oxygen atoms in total. The molecule has 0 aliphatic rings. The van der Waals surface area contributed by atoms with E-state index in [1.807, 2.05) is 39.0 Å². The summed E-state index contributed by atoms with van der Waals surface area (Å²) in [6.07, 6.45) is 0. The van der Waals surface area contributed by atoms with E-state index in [0.717, 1.165) is 27.8 Å². The summed E-state index contributed by atoms with van der Waals surface area (Å²) in [4.78, 5) is 0. The molecule has 2 aromatic rings. The molecule has 2 heteroatoms. The molecule has 0 aromatic heterocycles. The van der Waals surface area contributed by atoms with Crippen LogP contribution in [-0.4, -0.2) is 5.11 Å². The van der Waals surface area contributed by atoms with Gasteiger partial charge in [0.2, 0.25) is 0 Å². The molecule has 18 heavy (non-hydrogen) atoms. The second kappa shape index (κ2) is 4.54. The number of hydrogen-bond acceptors (Lipinski definition) is 2. The molecule has 0 bridgehead atoms. The Morgan fingerprint density at radius 2 is 1.67 bits per heavy atom. The summed E-state index contributed by atoms with van der Waals surface area (Å²) in [6.45, 7) is 5.91. The Bertz CT molecular complexity index is 651. The molecule has 0 heterocycles. The standard InChI is InChI=1S/C16H15NO/c1-10-5-4-6-13(9-17)16(10)14-7-11(2)12(3)8-15(14)18/h4-8,18H,1-3H3. The van der Waals surface area contributed by atoms with Gasteiger partial charge in [-0.15, -0.1) is 0 Å². The third kappa shape index (κ3) is 1.96.